The van der Waals surface area contributed by atoms with Gasteiger partial charge < -0.3 is 0 Å². The van der Waals surface area contributed by atoms with E-state index in [9.17, 15) is 4.79 Å². The Morgan fingerprint density at radius 3 is 2.65 bits per heavy atom. The summed E-state index contributed by atoms with van der Waals surface area (Å²) in [5.41, 5.74) is 2.82. The van der Waals surface area contributed by atoms with Crippen molar-refractivity contribution < 1.29 is 10.0 Å². The van der Waals surface area contributed by atoms with Crippen molar-refractivity contribution in [3.05, 3.63) is 39.5 Å². The highest BCUT2D eigenvalue weighted by Crippen LogP contribution is 2.31. The average Bonchev–Trinajstić information content (AvgIpc) is 2.32. The molecule has 17 heavy (non-hydrogen) atoms. The normalized spacial score (nSPS) is 10.6. The molecule has 0 radical (unpaired) electrons. The smallest absolute Gasteiger partial charge is 0.288 e. The van der Waals surface area contributed by atoms with Crippen molar-refractivity contribution in [2.24, 2.45) is 0 Å². The van der Waals surface area contributed by atoms with Crippen LogP contribution in [0.5, 0.6) is 0 Å². The van der Waals surface area contributed by atoms with Crippen LogP contribution in [0.4, 0.5) is 0 Å². The van der Waals surface area contributed by atoms with Crippen LogP contribution in [-0.4, -0.2) is 16.1 Å². The van der Waals surface area contributed by atoms with Gasteiger partial charge in [0.15, 0.2) is 0 Å². The number of aromatic nitrogens is 1. The molecule has 0 fully saturated rings. The van der Waals surface area contributed by atoms with Crippen LogP contribution in [0.15, 0.2) is 18.2 Å². The summed E-state index contributed by atoms with van der Waals surface area (Å²) in [5.74, 6) is -0.689. The number of nitrogens with zero attached hydrogens (tertiary/aromatic N) is 1. The lowest BCUT2D eigenvalue weighted by molar-refractivity contribution is 0.0701. The van der Waals surface area contributed by atoms with Crippen molar-refractivity contribution >= 4 is 40.0 Å². The SMILES string of the molecule is Cc1cc(C(=O)NO)nc2c(Cl)ccc(Cl)c12. The van der Waals surface area contributed by atoms with E-state index >= 15 is 0 Å². The Kier molecular flexibility index (Phi) is 3.19. The van der Waals surface area contributed by atoms with E-state index in [0.717, 1.165) is 5.56 Å². The minimum Gasteiger partial charge on any atom is -0.288 e. The zero-order chi connectivity index (χ0) is 12.6. The second-order valence-electron chi connectivity index (χ2n) is 3.52. The fourth-order valence-corrected chi connectivity index (χ4v) is 2.13. The molecule has 0 unspecified atom stereocenters. The molecule has 1 heterocycles. The lowest BCUT2D eigenvalue weighted by Gasteiger charge is -2.08. The molecule has 2 N–H and O–H groups in total. The minimum absolute atomic E-state index is 0.0849. The molecule has 0 saturated heterocycles. The van der Waals surface area contributed by atoms with Crippen LogP contribution in [0.3, 0.4) is 0 Å². The standard InChI is InChI=1S/C11H8Cl2N2O2/c1-5-4-8(11(16)15-17)14-10-7(13)3-2-6(12)9(5)10/h2-4,17H,1H3,(H,15,16). The summed E-state index contributed by atoms with van der Waals surface area (Å²) in [7, 11) is 0. The number of hydrogen-bond acceptors (Lipinski definition) is 3. The van der Waals surface area contributed by atoms with E-state index < -0.39 is 5.91 Å². The van der Waals surface area contributed by atoms with Gasteiger partial charge in [0.05, 0.1) is 15.6 Å². The molecule has 0 bridgehead atoms. The van der Waals surface area contributed by atoms with Gasteiger partial charge in [-0.3, -0.25) is 10.0 Å². The molecule has 1 aromatic carbocycles. The Labute approximate surface area is 107 Å². The topological polar surface area (TPSA) is 62.2 Å². The highest BCUT2D eigenvalue weighted by molar-refractivity contribution is 6.40. The summed E-state index contributed by atoms with van der Waals surface area (Å²) in [6, 6.07) is 4.82. The van der Waals surface area contributed by atoms with Gasteiger partial charge in [-0.2, -0.15) is 0 Å². The zero-order valence-corrected chi connectivity index (χ0v) is 10.3. The summed E-state index contributed by atoms with van der Waals surface area (Å²) < 4.78 is 0. The van der Waals surface area contributed by atoms with Crippen LogP contribution in [0.1, 0.15) is 16.1 Å². The number of hydrogen-bond donors (Lipinski definition) is 2. The summed E-state index contributed by atoms with van der Waals surface area (Å²) >= 11 is 12.1. The van der Waals surface area contributed by atoms with E-state index in [2.05, 4.69) is 4.98 Å². The number of hydroxylamine groups is 1. The van der Waals surface area contributed by atoms with Gasteiger partial charge in [0.2, 0.25) is 0 Å². The largest absolute Gasteiger partial charge is 0.293 e. The van der Waals surface area contributed by atoms with Gasteiger partial charge in [0, 0.05) is 5.39 Å². The van der Waals surface area contributed by atoms with Gasteiger partial charge in [-0.15, -0.1) is 0 Å². The fourth-order valence-electron chi connectivity index (χ4n) is 1.63. The van der Waals surface area contributed by atoms with E-state index in [4.69, 9.17) is 28.4 Å². The summed E-state index contributed by atoms with van der Waals surface area (Å²) in [5, 5.41) is 10.2. The van der Waals surface area contributed by atoms with E-state index in [0.29, 0.717) is 20.9 Å². The Balaban J connectivity index is 2.82. The number of rotatable bonds is 1. The van der Waals surface area contributed by atoms with Crippen LogP contribution in [-0.2, 0) is 0 Å². The maximum Gasteiger partial charge on any atom is 0.293 e. The van der Waals surface area contributed by atoms with Gasteiger partial charge >= 0.3 is 0 Å². The van der Waals surface area contributed by atoms with Crippen molar-refractivity contribution in [3.63, 3.8) is 0 Å². The van der Waals surface area contributed by atoms with Gasteiger partial charge in [-0.25, -0.2) is 10.5 Å². The molecule has 0 saturated carbocycles. The first-order chi connectivity index (χ1) is 8.04. The number of nitrogens with one attached hydrogen (secondary N) is 1. The molecule has 0 aliphatic heterocycles. The summed E-state index contributed by atoms with van der Waals surface area (Å²) in [4.78, 5) is 15.4. The molecule has 6 heteroatoms. The molecule has 4 nitrogen and oxygen atoms in total. The minimum atomic E-state index is -0.689. The second kappa shape index (κ2) is 4.49. The number of aryl methyl sites for hydroxylation is 1. The van der Waals surface area contributed by atoms with Gasteiger partial charge in [-0.05, 0) is 30.7 Å². The molecule has 2 aromatic rings. The lowest BCUT2D eigenvalue weighted by Crippen LogP contribution is -2.20. The van der Waals surface area contributed by atoms with E-state index in [1.165, 1.54) is 11.5 Å². The van der Waals surface area contributed by atoms with Crippen molar-refractivity contribution in [1.82, 2.24) is 10.5 Å². The number of halogens is 2. The van der Waals surface area contributed by atoms with Crippen LogP contribution >= 0.6 is 23.2 Å². The molecule has 2 rings (SSSR count). The first kappa shape index (κ1) is 12.1. The number of carbonyl (C=O) groups excluding carboxylic acids is 1. The van der Waals surface area contributed by atoms with Crippen LogP contribution in [0.25, 0.3) is 10.9 Å². The van der Waals surface area contributed by atoms with Gasteiger partial charge in [-0.1, -0.05) is 23.2 Å². The summed E-state index contributed by atoms with van der Waals surface area (Å²) in [6.07, 6.45) is 0. The predicted octanol–water partition coefficient (Wildman–Crippen LogP) is 2.97. The number of benzene rings is 1. The van der Waals surface area contributed by atoms with Crippen molar-refractivity contribution in [3.8, 4) is 0 Å². The third kappa shape index (κ3) is 2.07. The predicted molar refractivity (Wildman–Crippen MR) is 65.8 cm³/mol. The maximum absolute atomic E-state index is 11.3. The molecule has 1 aromatic heterocycles. The Morgan fingerprint density at radius 2 is 2.00 bits per heavy atom. The number of carbonyl (C=O) groups is 1. The van der Waals surface area contributed by atoms with Crippen molar-refractivity contribution in [2.45, 2.75) is 6.92 Å². The highest BCUT2D eigenvalue weighted by Gasteiger charge is 2.13. The van der Waals surface area contributed by atoms with Crippen molar-refractivity contribution in [2.75, 3.05) is 0 Å². The second-order valence-corrected chi connectivity index (χ2v) is 4.33. The van der Waals surface area contributed by atoms with Crippen molar-refractivity contribution in [1.29, 1.82) is 0 Å². The zero-order valence-electron chi connectivity index (χ0n) is 8.79. The lowest BCUT2D eigenvalue weighted by atomic mass is 10.1. The van der Waals surface area contributed by atoms with Crippen LogP contribution < -0.4 is 5.48 Å². The molecule has 88 valence electrons. The number of fused-ring (bicyclic) bond motifs is 1. The Hall–Kier alpha value is -1.36. The fraction of sp³-hybridized carbons (Fsp3) is 0.0909. The van der Waals surface area contributed by atoms with E-state index in [1.807, 2.05) is 0 Å². The molecule has 1 amide bonds. The average molecular weight is 271 g/mol. The maximum atomic E-state index is 11.3. The monoisotopic (exact) mass is 270 g/mol. The third-order valence-corrected chi connectivity index (χ3v) is 3.01. The Morgan fingerprint density at radius 1 is 1.35 bits per heavy atom. The summed E-state index contributed by atoms with van der Waals surface area (Å²) in [6.45, 7) is 1.79. The molecule has 0 aliphatic carbocycles. The Bertz CT molecular complexity index is 614. The van der Waals surface area contributed by atoms with E-state index in [-0.39, 0.29) is 5.69 Å². The number of pyridine rings is 1. The van der Waals surface area contributed by atoms with Crippen LogP contribution in [0.2, 0.25) is 10.0 Å². The number of amides is 1. The molecule has 0 spiro atoms. The first-order valence-corrected chi connectivity index (χ1v) is 5.50. The first-order valence-electron chi connectivity index (χ1n) is 4.74. The van der Waals surface area contributed by atoms with Gasteiger partial charge in [0.25, 0.3) is 5.91 Å². The quantitative estimate of drug-likeness (QED) is 0.619. The molecule has 0 aliphatic rings. The highest BCUT2D eigenvalue weighted by atomic mass is 35.5. The van der Waals surface area contributed by atoms with Gasteiger partial charge in [0.1, 0.15) is 5.69 Å². The van der Waals surface area contributed by atoms with E-state index in [1.54, 1.807) is 19.1 Å². The van der Waals surface area contributed by atoms with Crippen LogP contribution in [0, 0.1) is 6.92 Å². The molecular weight excluding hydrogens is 263 g/mol. The third-order valence-electron chi connectivity index (χ3n) is 2.39. The molecule has 0 atom stereocenters. The molecular formula is C11H8Cl2N2O2.